The Bertz CT molecular complexity index is 418. The predicted octanol–water partition coefficient (Wildman–Crippen LogP) is 2.38. The van der Waals surface area contributed by atoms with Crippen molar-refractivity contribution in [2.45, 2.75) is 6.92 Å². The van der Waals surface area contributed by atoms with Crippen molar-refractivity contribution in [2.24, 2.45) is 0 Å². The van der Waals surface area contributed by atoms with Crippen LogP contribution in [0.1, 0.15) is 15.9 Å². The van der Waals surface area contributed by atoms with Gasteiger partial charge in [0.05, 0.1) is 12.2 Å². The fraction of sp³-hybridized carbons (Fsp3) is 0.308. The van der Waals surface area contributed by atoms with Gasteiger partial charge in [0.2, 0.25) is 0 Å². The van der Waals surface area contributed by atoms with Gasteiger partial charge >= 0.3 is 0 Å². The number of rotatable bonds is 5. The van der Waals surface area contributed by atoms with E-state index < -0.39 is 0 Å². The Morgan fingerprint density at radius 3 is 2.88 bits per heavy atom. The zero-order valence-corrected chi connectivity index (χ0v) is 11.4. The van der Waals surface area contributed by atoms with Crippen molar-refractivity contribution < 1.29 is 9.90 Å². The standard InChI is InChI=1S/C13H16BrNO2/c1-3-6-15(7-8-16)13(17)11-9-10(2)4-5-12(11)14/h3-5,9,16H,1,6-8H2,2H3. The molecule has 0 radical (unpaired) electrons. The quantitative estimate of drug-likeness (QED) is 0.848. The molecule has 0 saturated heterocycles. The van der Waals surface area contributed by atoms with Gasteiger partial charge in [0.15, 0.2) is 0 Å². The summed E-state index contributed by atoms with van der Waals surface area (Å²) < 4.78 is 0.764. The minimum Gasteiger partial charge on any atom is -0.395 e. The number of halogens is 1. The summed E-state index contributed by atoms with van der Waals surface area (Å²) in [6.45, 7) is 6.24. The van der Waals surface area contributed by atoms with Gasteiger partial charge in [0, 0.05) is 17.6 Å². The minimum atomic E-state index is -0.102. The molecule has 1 amide bonds. The van der Waals surface area contributed by atoms with Gasteiger partial charge in [0.25, 0.3) is 5.91 Å². The number of amides is 1. The van der Waals surface area contributed by atoms with Crippen LogP contribution in [0.3, 0.4) is 0 Å². The Morgan fingerprint density at radius 2 is 2.29 bits per heavy atom. The summed E-state index contributed by atoms with van der Waals surface area (Å²) in [5, 5.41) is 8.94. The molecule has 1 rings (SSSR count). The molecule has 0 atom stereocenters. The van der Waals surface area contributed by atoms with E-state index in [9.17, 15) is 4.79 Å². The van der Waals surface area contributed by atoms with E-state index in [1.165, 1.54) is 0 Å². The number of aliphatic hydroxyl groups excluding tert-OH is 1. The largest absolute Gasteiger partial charge is 0.395 e. The van der Waals surface area contributed by atoms with Crippen molar-refractivity contribution in [2.75, 3.05) is 19.7 Å². The van der Waals surface area contributed by atoms with Crippen molar-refractivity contribution >= 4 is 21.8 Å². The lowest BCUT2D eigenvalue weighted by molar-refractivity contribution is 0.0742. The van der Waals surface area contributed by atoms with Crippen LogP contribution in [0.2, 0.25) is 0 Å². The van der Waals surface area contributed by atoms with Gasteiger partial charge < -0.3 is 10.0 Å². The summed E-state index contributed by atoms with van der Waals surface area (Å²) in [6, 6.07) is 5.62. The van der Waals surface area contributed by atoms with E-state index in [1.807, 2.05) is 25.1 Å². The van der Waals surface area contributed by atoms with Gasteiger partial charge in [-0.1, -0.05) is 17.7 Å². The van der Waals surface area contributed by atoms with Crippen LogP contribution < -0.4 is 0 Å². The lowest BCUT2D eigenvalue weighted by atomic mass is 10.1. The maximum Gasteiger partial charge on any atom is 0.255 e. The Hall–Kier alpha value is -1.13. The molecule has 0 aromatic heterocycles. The maximum absolute atomic E-state index is 12.2. The van der Waals surface area contributed by atoms with Crippen molar-refractivity contribution in [3.05, 3.63) is 46.5 Å². The fourth-order valence-corrected chi connectivity index (χ4v) is 1.94. The first-order valence-electron chi connectivity index (χ1n) is 5.37. The zero-order chi connectivity index (χ0) is 12.8. The van der Waals surface area contributed by atoms with Gasteiger partial charge in [-0.15, -0.1) is 6.58 Å². The minimum absolute atomic E-state index is 0.0526. The monoisotopic (exact) mass is 297 g/mol. The number of hydrogen-bond acceptors (Lipinski definition) is 2. The molecule has 0 aliphatic heterocycles. The highest BCUT2D eigenvalue weighted by atomic mass is 79.9. The Balaban J connectivity index is 2.99. The van der Waals surface area contributed by atoms with Crippen LogP contribution in [0.25, 0.3) is 0 Å². The molecule has 0 unspecified atom stereocenters. The lowest BCUT2D eigenvalue weighted by Gasteiger charge is -2.20. The van der Waals surface area contributed by atoms with E-state index in [4.69, 9.17) is 5.11 Å². The summed E-state index contributed by atoms with van der Waals surface area (Å²) in [5.41, 5.74) is 1.64. The Morgan fingerprint density at radius 1 is 1.59 bits per heavy atom. The molecule has 0 aliphatic carbocycles. The molecule has 0 bridgehead atoms. The zero-order valence-electron chi connectivity index (χ0n) is 9.82. The first-order chi connectivity index (χ1) is 8.10. The van der Waals surface area contributed by atoms with Crippen LogP contribution in [0.5, 0.6) is 0 Å². The molecule has 1 aromatic carbocycles. The van der Waals surface area contributed by atoms with Crippen LogP contribution in [-0.2, 0) is 0 Å². The van der Waals surface area contributed by atoms with Crippen molar-refractivity contribution in [3.8, 4) is 0 Å². The third-order valence-corrected chi connectivity index (χ3v) is 3.05. The van der Waals surface area contributed by atoms with Gasteiger partial charge in [-0.2, -0.15) is 0 Å². The van der Waals surface area contributed by atoms with E-state index in [-0.39, 0.29) is 12.5 Å². The van der Waals surface area contributed by atoms with Gasteiger partial charge in [-0.3, -0.25) is 4.79 Å². The Kier molecular flexibility index (Phi) is 5.38. The molecule has 0 spiro atoms. The Labute approximate surface area is 110 Å². The highest BCUT2D eigenvalue weighted by Gasteiger charge is 2.16. The molecule has 1 N–H and O–H groups in total. The summed E-state index contributed by atoms with van der Waals surface area (Å²) >= 11 is 3.37. The maximum atomic E-state index is 12.2. The molecule has 3 nitrogen and oxygen atoms in total. The highest BCUT2D eigenvalue weighted by Crippen LogP contribution is 2.19. The molecular weight excluding hydrogens is 282 g/mol. The van der Waals surface area contributed by atoms with Crippen LogP contribution in [-0.4, -0.2) is 35.6 Å². The number of carbonyl (C=O) groups is 1. The molecule has 0 heterocycles. The van der Waals surface area contributed by atoms with Crippen molar-refractivity contribution in [1.82, 2.24) is 4.90 Å². The van der Waals surface area contributed by atoms with Gasteiger partial charge in [0.1, 0.15) is 0 Å². The molecule has 4 heteroatoms. The van der Waals surface area contributed by atoms with E-state index in [2.05, 4.69) is 22.5 Å². The second kappa shape index (κ2) is 6.57. The summed E-state index contributed by atoms with van der Waals surface area (Å²) in [4.78, 5) is 13.8. The van der Waals surface area contributed by atoms with Gasteiger partial charge in [-0.25, -0.2) is 0 Å². The van der Waals surface area contributed by atoms with Crippen molar-refractivity contribution in [1.29, 1.82) is 0 Å². The van der Waals surface area contributed by atoms with E-state index in [0.717, 1.165) is 10.0 Å². The van der Waals surface area contributed by atoms with E-state index in [1.54, 1.807) is 11.0 Å². The normalized spacial score (nSPS) is 10.1. The van der Waals surface area contributed by atoms with E-state index >= 15 is 0 Å². The molecule has 0 aliphatic rings. The van der Waals surface area contributed by atoms with E-state index in [0.29, 0.717) is 18.7 Å². The average molecular weight is 298 g/mol. The molecule has 92 valence electrons. The fourth-order valence-electron chi connectivity index (χ4n) is 1.53. The lowest BCUT2D eigenvalue weighted by Crippen LogP contribution is -2.33. The number of hydrogen-bond donors (Lipinski definition) is 1. The molecule has 0 saturated carbocycles. The number of aryl methyl sites for hydroxylation is 1. The summed E-state index contributed by atoms with van der Waals surface area (Å²) in [6.07, 6.45) is 1.65. The van der Waals surface area contributed by atoms with Crippen LogP contribution in [0.15, 0.2) is 35.3 Å². The summed E-state index contributed by atoms with van der Waals surface area (Å²) in [7, 11) is 0. The first-order valence-corrected chi connectivity index (χ1v) is 6.16. The van der Waals surface area contributed by atoms with Crippen LogP contribution >= 0.6 is 15.9 Å². The van der Waals surface area contributed by atoms with Gasteiger partial charge in [-0.05, 0) is 35.0 Å². The smallest absolute Gasteiger partial charge is 0.255 e. The van der Waals surface area contributed by atoms with Crippen molar-refractivity contribution in [3.63, 3.8) is 0 Å². The molecule has 1 aromatic rings. The third kappa shape index (κ3) is 3.68. The first kappa shape index (κ1) is 13.9. The number of aliphatic hydroxyl groups is 1. The number of nitrogens with zero attached hydrogens (tertiary/aromatic N) is 1. The van der Waals surface area contributed by atoms with Crippen LogP contribution in [0.4, 0.5) is 0 Å². The SMILES string of the molecule is C=CCN(CCO)C(=O)c1cc(C)ccc1Br. The third-order valence-electron chi connectivity index (χ3n) is 2.36. The predicted molar refractivity (Wildman–Crippen MR) is 72.1 cm³/mol. The molecule has 0 fully saturated rings. The molecular formula is C13H16BrNO2. The van der Waals surface area contributed by atoms with Crippen LogP contribution in [0, 0.1) is 6.92 Å². The number of carbonyl (C=O) groups excluding carboxylic acids is 1. The second-order valence-corrected chi connectivity index (χ2v) is 4.60. The second-order valence-electron chi connectivity index (χ2n) is 3.75. The summed E-state index contributed by atoms with van der Waals surface area (Å²) in [5.74, 6) is -0.102. The average Bonchev–Trinajstić information content (AvgIpc) is 2.31. The number of benzene rings is 1. The highest BCUT2D eigenvalue weighted by molar-refractivity contribution is 9.10. The topological polar surface area (TPSA) is 40.5 Å². The molecule has 17 heavy (non-hydrogen) atoms.